The Morgan fingerprint density at radius 2 is 1.91 bits per heavy atom. The van der Waals surface area contributed by atoms with E-state index >= 15 is 0 Å². The molecule has 0 bridgehead atoms. The van der Waals surface area contributed by atoms with Crippen LogP contribution in [0.3, 0.4) is 0 Å². The van der Waals surface area contributed by atoms with Gasteiger partial charge in [0.2, 0.25) is 11.9 Å². The van der Waals surface area contributed by atoms with Crippen molar-refractivity contribution in [1.29, 1.82) is 0 Å². The van der Waals surface area contributed by atoms with E-state index in [0.717, 1.165) is 28.7 Å². The summed E-state index contributed by atoms with van der Waals surface area (Å²) in [6.07, 6.45) is 11.6. The molecule has 2 amide bonds. The van der Waals surface area contributed by atoms with Crippen LogP contribution in [0, 0.1) is 12.8 Å². The van der Waals surface area contributed by atoms with Crippen molar-refractivity contribution < 1.29 is 9.59 Å². The van der Waals surface area contributed by atoms with Gasteiger partial charge in [0, 0.05) is 53.0 Å². The first-order valence-electron chi connectivity index (χ1n) is 14.5. The highest BCUT2D eigenvalue weighted by Gasteiger charge is 2.30. The molecule has 3 atom stereocenters. The molecule has 1 N–H and O–H groups in total. The number of benzene rings is 1. The Kier molecular flexibility index (Phi) is 9.13. The fraction of sp³-hybridized carbons (Fsp3) is 0.367. The first-order chi connectivity index (χ1) is 21.2. The van der Waals surface area contributed by atoms with Gasteiger partial charge in [0.1, 0.15) is 7.85 Å². The third-order valence-electron chi connectivity index (χ3n) is 7.80. The second-order valence-corrected chi connectivity index (χ2v) is 14.8. The molecule has 4 heterocycles. The van der Waals surface area contributed by atoms with E-state index in [-0.39, 0.29) is 28.8 Å². The van der Waals surface area contributed by atoms with Crippen LogP contribution >= 0.6 is 30.2 Å². The third-order valence-corrected chi connectivity index (χ3v) is 9.90. The number of nitrogens with one attached hydrogen (secondary N) is 1. The lowest BCUT2D eigenvalue weighted by molar-refractivity contribution is -0.119. The fourth-order valence-electron chi connectivity index (χ4n) is 5.04. The zero-order valence-electron chi connectivity index (χ0n) is 24.6. The Morgan fingerprint density at radius 1 is 1.14 bits per heavy atom. The summed E-state index contributed by atoms with van der Waals surface area (Å²) in [5, 5.41) is 8.02. The minimum Gasteiger partial charge on any atom is -0.318 e. The quantitative estimate of drug-likeness (QED) is 0.204. The smallest absolute Gasteiger partial charge is 0.276 e. The average Bonchev–Trinajstić information content (AvgIpc) is 3.65. The Bertz CT molecular complexity index is 1710. The zero-order valence-corrected chi connectivity index (χ0v) is 27.7. The highest BCUT2D eigenvalue weighted by molar-refractivity contribution is 7.99. The lowest BCUT2D eigenvalue weighted by Crippen LogP contribution is -2.28. The molecule has 10 nitrogen and oxygen atoms in total. The van der Waals surface area contributed by atoms with Crippen molar-refractivity contribution in [2.24, 2.45) is 5.92 Å². The summed E-state index contributed by atoms with van der Waals surface area (Å²) in [4.78, 5) is 46.0. The number of aryl methyl sites for hydroxylation is 1. The van der Waals surface area contributed by atoms with Gasteiger partial charge in [-0.05, 0) is 37.3 Å². The van der Waals surface area contributed by atoms with Crippen molar-refractivity contribution in [3.8, 4) is 11.3 Å². The summed E-state index contributed by atoms with van der Waals surface area (Å²) in [6.45, 7) is 4.91. The molecule has 1 aromatic carbocycles. The number of hydrogen-bond donors (Lipinski definition) is 1. The van der Waals surface area contributed by atoms with Crippen LogP contribution in [-0.4, -0.2) is 61.2 Å². The summed E-state index contributed by atoms with van der Waals surface area (Å²) in [5.74, 6) is 0.707. The van der Waals surface area contributed by atoms with Crippen LogP contribution in [0.2, 0.25) is 0 Å². The molecule has 2 radical (unpaired) electrons. The highest BCUT2D eigenvalue weighted by atomic mass is 32.2. The number of thioether (sulfide) groups is 1. The predicted octanol–water partition coefficient (Wildman–Crippen LogP) is 4.05. The van der Waals surface area contributed by atoms with Gasteiger partial charge in [0.25, 0.3) is 5.91 Å². The monoisotopic (exact) mass is 642 g/mol. The van der Waals surface area contributed by atoms with Crippen molar-refractivity contribution in [1.82, 2.24) is 29.7 Å². The predicted molar refractivity (Wildman–Crippen MR) is 182 cm³/mol. The molecule has 224 valence electrons. The van der Waals surface area contributed by atoms with Crippen molar-refractivity contribution in [3.63, 3.8) is 0 Å². The van der Waals surface area contributed by atoms with E-state index in [0.29, 0.717) is 52.6 Å². The molecular weight excluding hydrogens is 609 g/mol. The minimum atomic E-state index is -0.358. The van der Waals surface area contributed by atoms with Crippen molar-refractivity contribution in [2.75, 3.05) is 16.8 Å². The second kappa shape index (κ2) is 13.0. The molecule has 6 rings (SSSR count). The number of rotatable bonds is 10. The van der Waals surface area contributed by atoms with Gasteiger partial charge < -0.3 is 5.32 Å². The molecular formula is C30H33BN8O2P2S. The van der Waals surface area contributed by atoms with Crippen LogP contribution in [0.4, 0.5) is 11.6 Å². The zero-order chi connectivity index (χ0) is 31.0. The van der Waals surface area contributed by atoms with E-state index in [1.165, 1.54) is 12.8 Å². The second-order valence-electron chi connectivity index (χ2n) is 11.3. The first kappa shape index (κ1) is 30.8. The summed E-state index contributed by atoms with van der Waals surface area (Å²) in [5.41, 5.74) is 6.16. The Hall–Kier alpha value is -3.20. The SMILES string of the molecule is [B]c1c(C)ccc(C(P)P)c1-c1cnc(CSC2CC2)c(C(=O)Nc2cnn(Cc3cnc(N4CC[C@@H](C)C4=O)nc3)c2)n1. The molecule has 1 saturated heterocycles. The summed E-state index contributed by atoms with van der Waals surface area (Å²) < 4.78 is 1.70. The number of nitrogens with zero attached hydrogens (tertiary/aromatic N) is 7. The minimum absolute atomic E-state index is 0.00569. The normalized spacial score (nSPS) is 16.6. The fourth-order valence-corrected chi connectivity index (χ4v) is 6.67. The van der Waals surface area contributed by atoms with Gasteiger partial charge in [-0.2, -0.15) is 16.9 Å². The first-order valence-corrected chi connectivity index (χ1v) is 16.9. The van der Waals surface area contributed by atoms with Crippen LogP contribution in [0.15, 0.2) is 43.1 Å². The topological polar surface area (TPSA) is 119 Å². The van der Waals surface area contributed by atoms with Crippen LogP contribution in [0.5, 0.6) is 0 Å². The van der Waals surface area contributed by atoms with Crippen LogP contribution in [0.1, 0.15) is 64.5 Å². The van der Waals surface area contributed by atoms with Gasteiger partial charge in [-0.15, -0.1) is 18.5 Å². The molecule has 2 fully saturated rings. The summed E-state index contributed by atoms with van der Waals surface area (Å²) >= 11 is 1.80. The molecule has 44 heavy (non-hydrogen) atoms. The maximum Gasteiger partial charge on any atom is 0.276 e. The van der Waals surface area contributed by atoms with Crippen LogP contribution in [-0.2, 0) is 17.1 Å². The molecule has 0 spiro atoms. The molecule has 4 aromatic rings. The number of amides is 2. The molecule has 1 saturated carbocycles. The molecule has 2 unspecified atom stereocenters. The molecule has 1 aliphatic heterocycles. The van der Waals surface area contributed by atoms with Crippen molar-refractivity contribution >= 4 is 67.0 Å². The number of hydrogen-bond acceptors (Lipinski definition) is 8. The summed E-state index contributed by atoms with van der Waals surface area (Å²) in [6, 6.07) is 4.02. The van der Waals surface area contributed by atoms with E-state index < -0.39 is 0 Å². The maximum atomic E-state index is 13.7. The van der Waals surface area contributed by atoms with E-state index in [4.69, 9.17) is 17.8 Å². The molecule has 2 aliphatic rings. The largest absolute Gasteiger partial charge is 0.318 e. The molecule has 14 heteroatoms. The van der Waals surface area contributed by atoms with Crippen molar-refractivity contribution in [3.05, 3.63) is 71.2 Å². The van der Waals surface area contributed by atoms with E-state index in [1.54, 1.807) is 52.3 Å². The number of carbonyl (C=O) groups excluding carboxylic acids is 2. The third kappa shape index (κ3) is 6.73. The Labute approximate surface area is 266 Å². The van der Waals surface area contributed by atoms with Gasteiger partial charge in [-0.1, -0.05) is 30.1 Å². The lowest BCUT2D eigenvalue weighted by atomic mass is 9.83. The molecule has 1 aliphatic carbocycles. The van der Waals surface area contributed by atoms with Crippen molar-refractivity contribution in [2.45, 2.75) is 56.1 Å². The van der Waals surface area contributed by atoms with Gasteiger partial charge in [0.05, 0.1) is 36.0 Å². The van der Waals surface area contributed by atoms with E-state index in [2.05, 4.69) is 38.9 Å². The average molecular weight is 642 g/mol. The van der Waals surface area contributed by atoms with Crippen LogP contribution in [0.25, 0.3) is 11.3 Å². The summed E-state index contributed by atoms with van der Waals surface area (Å²) in [7, 11) is 12.1. The van der Waals surface area contributed by atoms with Gasteiger partial charge >= 0.3 is 0 Å². The lowest BCUT2D eigenvalue weighted by Gasteiger charge is -2.18. The number of aromatic nitrogens is 6. The van der Waals surface area contributed by atoms with E-state index in [9.17, 15) is 9.59 Å². The number of anilines is 2. The Morgan fingerprint density at radius 3 is 2.59 bits per heavy atom. The Balaban J connectivity index is 1.21. The van der Waals surface area contributed by atoms with Gasteiger partial charge in [-0.3, -0.25) is 24.2 Å². The van der Waals surface area contributed by atoms with Gasteiger partial charge in [-0.25, -0.2) is 15.0 Å². The highest BCUT2D eigenvalue weighted by Crippen LogP contribution is 2.38. The van der Waals surface area contributed by atoms with Gasteiger partial charge in [0.15, 0.2) is 5.69 Å². The standard InChI is InChI=1S/C30H33BN8O2P2S/c1-16-3-6-21(29(42)43)24(25(16)31)22-12-32-23(15-44-20-4-5-20)26(37-22)27(40)36-19-11-35-38(14-19)13-18-9-33-30(34-10-18)39-8-7-17(2)28(39)41/h3,6,9-12,14,17,20,29H,4-5,7-8,13,15,42-43H2,1-2H3,(H,36,40)/t17-/m1/s1. The number of carbonyl (C=O) groups is 2. The maximum absolute atomic E-state index is 13.7. The van der Waals surface area contributed by atoms with E-state index in [1.807, 2.05) is 26.0 Å². The molecule has 3 aromatic heterocycles. The van der Waals surface area contributed by atoms with Crippen LogP contribution < -0.4 is 15.7 Å².